The molecule has 3 heteroatoms. The number of rotatable bonds is 9. The van der Waals surface area contributed by atoms with Crippen LogP contribution in [0.15, 0.2) is 0 Å². The lowest BCUT2D eigenvalue weighted by Crippen LogP contribution is -2.44. The van der Waals surface area contributed by atoms with Gasteiger partial charge >= 0.3 is 0 Å². The highest BCUT2D eigenvalue weighted by molar-refractivity contribution is 6.20. The fourth-order valence-electron chi connectivity index (χ4n) is 5.23. The molecule has 0 spiro atoms. The Labute approximate surface area is 155 Å². The monoisotopic (exact) mass is 356 g/mol. The summed E-state index contributed by atoms with van der Waals surface area (Å²) in [6.07, 6.45) is 13.4. The summed E-state index contributed by atoms with van der Waals surface area (Å²) in [5.74, 6) is 2.39. The van der Waals surface area contributed by atoms with E-state index in [1.807, 2.05) is 0 Å². The molecule has 0 aromatic carbocycles. The van der Waals surface area contributed by atoms with E-state index in [9.17, 15) is 0 Å². The molecule has 142 valence electrons. The maximum atomic E-state index is 6.33. The van der Waals surface area contributed by atoms with Gasteiger partial charge in [0.1, 0.15) is 0 Å². The van der Waals surface area contributed by atoms with Gasteiger partial charge < -0.3 is 0 Å². The lowest BCUT2D eigenvalue weighted by Gasteiger charge is -2.32. The first-order chi connectivity index (χ1) is 11.6. The molecule has 4 unspecified atom stereocenters. The summed E-state index contributed by atoms with van der Waals surface area (Å²) in [6, 6.07) is 1.32. The van der Waals surface area contributed by atoms with E-state index in [-0.39, 0.29) is 0 Å². The van der Waals surface area contributed by atoms with Crippen LogP contribution >= 0.6 is 11.6 Å². The fraction of sp³-hybridized carbons (Fsp3) is 1.00. The molecular formula is C21H41ClN2. The van der Waals surface area contributed by atoms with Crippen molar-refractivity contribution in [2.45, 2.75) is 116 Å². The van der Waals surface area contributed by atoms with Gasteiger partial charge in [0.05, 0.1) is 6.17 Å². The van der Waals surface area contributed by atoms with Crippen LogP contribution in [0.3, 0.4) is 0 Å². The molecule has 1 heterocycles. The summed E-state index contributed by atoms with van der Waals surface area (Å²) >= 11 is 6.33. The van der Waals surface area contributed by atoms with Crippen LogP contribution in [0, 0.1) is 17.8 Å². The van der Waals surface area contributed by atoms with Crippen molar-refractivity contribution in [3.05, 3.63) is 0 Å². The first-order valence-corrected chi connectivity index (χ1v) is 11.2. The molecule has 0 aromatic rings. The van der Waals surface area contributed by atoms with E-state index in [1.54, 1.807) is 0 Å². The molecule has 2 rings (SSSR count). The zero-order valence-corrected chi connectivity index (χ0v) is 17.2. The Bertz CT molecular complexity index is 319. The van der Waals surface area contributed by atoms with Gasteiger partial charge in [-0.15, -0.1) is 11.6 Å². The number of halogens is 1. The minimum atomic E-state index is 0.418. The third-order valence-corrected chi connectivity index (χ3v) is 7.12. The van der Waals surface area contributed by atoms with E-state index in [0.29, 0.717) is 23.6 Å². The maximum absolute atomic E-state index is 6.33. The van der Waals surface area contributed by atoms with E-state index < -0.39 is 0 Å². The van der Waals surface area contributed by atoms with E-state index in [1.165, 1.54) is 64.2 Å². The van der Waals surface area contributed by atoms with Crippen LogP contribution < -0.4 is 10.6 Å². The van der Waals surface area contributed by atoms with Crippen LogP contribution in [-0.4, -0.2) is 23.6 Å². The predicted octanol–water partition coefficient (Wildman–Crippen LogP) is 5.69. The Morgan fingerprint density at radius 2 is 1.25 bits per heavy atom. The average Bonchev–Trinajstić information content (AvgIpc) is 3.03. The van der Waals surface area contributed by atoms with Crippen LogP contribution in [-0.2, 0) is 0 Å². The highest BCUT2D eigenvalue weighted by atomic mass is 35.5. The molecule has 0 aromatic heterocycles. The lowest BCUT2D eigenvalue weighted by molar-refractivity contribution is 0.252. The molecule has 24 heavy (non-hydrogen) atoms. The van der Waals surface area contributed by atoms with E-state index in [4.69, 9.17) is 11.6 Å². The quantitative estimate of drug-likeness (QED) is 0.518. The smallest absolute Gasteiger partial charge is 0.0606 e. The summed E-state index contributed by atoms with van der Waals surface area (Å²) in [5.41, 5.74) is 0. The predicted molar refractivity (Wildman–Crippen MR) is 107 cm³/mol. The van der Waals surface area contributed by atoms with Crippen molar-refractivity contribution in [1.29, 1.82) is 0 Å². The van der Waals surface area contributed by atoms with Crippen molar-refractivity contribution in [2.75, 3.05) is 0 Å². The highest BCUT2D eigenvalue weighted by Gasteiger charge is 2.43. The molecule has 2 nitrogen and oxygen atoms in total. The Balaban J connectivity index is 2.08. The summed E-state index contributed by atoms with van der Waals surface area (Å²) in [6.45, 7) is 9.43. The molecule has 4 atom stereocenters. The number of hydrogen-bond donors (Lipinski definition) is 2. The number of nitrogens with one attached hydrogen (secondary N) is 2. The lowest BCUT2D eigenvalue weighted by atomic mass is 9.80. The van der Waals surface area contributed by atoms with Crippen LogP contribution in [0.25, 0.3) is 0 Å². The van der Waals surface area contributed by atoms with Gasteiger partial charge in [0.15, 0.2) is 0 Å². The molecule has 0 bridgehead atoms. The molecule has 1 aliphatic carbocycles. The maximum Gasteiger partial charge on any atom is 0.0606 e. The van der Waals surface area contributed by atoms with Crippen molar-refractivity contribution in [2.24, 2.45) is 17.8 Å². The zero-order valence-electron chi connectivity index (χ0n) is 16.5. The Morgan fingerprint density at radius 1 is 0.792 bits per heavy atom. The van der Waals surface area contributed by atoms with Crippen molar-refractivity contribution < 1.29 is 0 Å². The van der Waals surface area contributed by atoms with Crippen LogP contribution in [0.4, 0.5) is 0 Å². The molecule has 0 amide bonds. The molecule has 1 aliphatic heterocycles. The Kier molecular flexibility index (Phi) is 8.88. The standard InChI is InChI=1S/C21H41ClN2/c1-5-9-15(7-3)19-20(16(8-4)10-6-2)24-21(23-19)17-11-13-18(22)14-12-17/h15-21,23-24H,5-14H2,1-4H3. The first kappa shape index (κ1) is 20.5. The fourth-order valence-corrected chi connectivity index (χ4v) is 5.48. The second kappa shape index (κ2) is 10.4. The third-order valence-electron chi connectivity index (χ3n) is 6.69. The van der Waals surface area contributed by atoms with Crippen LogP contribution in [0.2, 0.25) is 0 Å². The Hall–Kier alpha value is 0.210. The van der Waals surface area contributed by atoms with Gasteiger partial charge in [-0.1, -0.05) is 53.4 Å². The molecule has 2 aliphatic rings. The normalized spacial score (nSPS) is 36.6. The second-order valence-electron chi connectivity index (χ2n) is 8.29. The van der Waals surface area contributed by atoms with Gasteiger partial charge in [-0.3, -0.25) is 10.6 Å². The second-order valence-corrected chi connectivity index (χ2v) is 8.91. The zero-order chi connectivity index (χ0) is 17.5. The topological polar surface area (TPSA) is 24.1 Å². The minimum absolute atomic E-state index is 0.418. The molecular weight excluding hydrogens is 316 g/mol. The summed E-state index contributed by atoms with van der Waals surface area (Å²) in [7, 11) is 0. The van der Waals surface area contributed by atoms with Gasteiger partial charge in [-0.2, -0.15) is 0 Å². The molecule has 2 N–H and O–H groups in total. The van der Waals surface area contributed by atoms with Gasteiger partial charge in [0.2, 0.25) is 0 Å². The average molecular weight is 357 g/mol. The molecule has 2 fully saturated rings. The van der Waals surface area contributed by atoms with Crippen LogP contribution in [0.1, 0.15) is 91.9 Å². The van der Waals surface area contributed by atoms with Gasteiger partial charge in [0.25, 0.3) is 0 Å². The SMILES string of the molecule is CCCC(CC)C1NC(C2CCC(Cl)CC2)NC1C(CC)CCC. The van der Waals surface area contributed by atoms with Crippen molar-refractivity contribution in [3.8, 4) is 0 Å². The van der Waals surface area contributed by atoms with E-state index in [0.717, 1.165) is 17.8 Å². The summed E-state index contributed by atoms with van der Waals surface area (Å²) < 4.78 is 0. The van der Waals surface area contributed by atoms with Crippen molar-refractivity contribution >= 4 is 11.6 Å². The summed E-state index contributed by atoms with van der Waals surface area (Å²) in [4.78, 5) is 0. The number of alkyl halides is 1. The Morgan fingerprint density at radius 3 is 1.62 bits per heavy atom. The molecule has 0 radical (unpaired) electrons. The van der Waals surface area contributed by atoms with E-state index >= 15 is 0 Å². The first-order valence-electron chi connectivity index (χ1n) is 10.8. The largest absolute Gasteiger partial charge is 0.297 e. The highest BCUT2D eigenvalue weighted by Crippen LogP contribution is 2.35. The van der Waals surface area contributed by atoms with Crippen LogP contribution in [0.5, 0.6) is 0 Å². The summed E-state index contributed by atoms with van der Waals surface area (Å²) in [5, 5.41) is 8.58. The minimum Gasteiger partial charge on any atom is -0.297 e. The van der Waals surface area contributed by atoms with Crippen molar-refractivity contribution in [3.63, 3.8) is 0 Å². The van der Waals surface area contributed by atoms with Gasteiger partial charge in [-0.05, 0) is 56.3 Å². The van der Waals surface area contributed by atoms with Gasteiger partial charge in [-0.25, -0.2) is 0 Å². The third kappa shape index (κ3) is 5.11. The molecule has 1 saturated carbocycles. The van der Waals surface area contributed by atoms with Crippen molar-refractivity contribution in [1.82, 2.24) is 10.6 Å². The van der Waals surface area contributed by atoms with Gasteiger partial charge in [0, 0.05) is 17.5 Å². The number of hydrogen-bond acceptors (Lipinski definition) is 2. The van der Waals surface area contributed by atoms with E-state index in [2.05, 4.69) is 38.3 Å². The molecule has 1 saturated heterocycles.